The van der Waals surface area contributed by atoms with Crippen LogP contribution in [0.15, 0.2) is 16.9 Å². The predicted molar refractivity (Wildman–Crippen MR) is 69.7 cm³/mol. The first-order chi connectivity index (χ1) is 8.61. The first-order valence-electron chi connectivity index (χ1n) is 6.25. The van der Waals surface area contributed by atoms with E-state index in [0.29, 0.717) is 5.92 Å². The van der Waals surface area contributed by atoms with Gasteiger partial charge in [-0.15, -0.1) is 0 Å². The van der Waals surface area contributed by atoms with Gasteiger partial charge in [-0.3, -0.25) is 9.59 Å². The molecule has 0 radical (unpaired) electrons. The van der Waals surface area contributed by atoms with Gasteiger partial charge in [0.15, 0.2) is 0 Å². The van der Waals surface area contributed by atoms with E-state index in [2.05, 4.69) is 10.3 Å². The molecule has 1 unspecified atom stereocenters. The SMILES string of the molecule is CNCC1CCN(C(=O)c2ccc(C)[nH]c2=O)C1. The zero-order valence-electron chi connectivity index (χ0n) is 10.8. The van der Waals surface area contributed by atoms with Crippen LogP contribution in [0.5, 0.6) is 0 Å². The maximum Gasteiger partial charge on any atom is 0.260 e. The molecule has 2 N–H and O–H groups in total. The van der Waals surface area contributed by atoms with Gasteiger partial charge >= 0.3 is 0 Å². The number of likely N-dealkylation sites (tertiary alicyclic amines) is 1. The van der Waals surface area contributed by atoms with Gasteiger partial charge in [0.05, 0.1) is 0 Å². The average molecular weight is 249 g/mol. The molecule has 98 valence electrons. The highest BCUT2D eigenvalue weighted by atomic mass is 16.2. The monoisotopic (exact) mass is 249 g/mol. The molecule has 1 aromatic heterocycles. The molecule has 5 heteroatoms. The van der Waals surface area contributed by atoms with Crippen molar-refractivity contribution in [3.63, 3.8) is 0 Å². The van der Waals surface area contributed by atoms with Crippen molar-refractivity contribution in [3.05, 3.63) is 33.7 Å². The molecule has 0 spiro atoms. The van der Waals surface area contributed by atoms with Crippen LogP contribution in [-0.2, 0) is 0 Å². The van der Waals surface area contributed by atoms with Crippen molar-refractivity contribution in [3.8, 4) is 0 Å². The van der Waals surface area contributed by atoms with Crippen LogP contribution in [-0.4, -0.2) is 42.5 Å². The second kappa shape index (κ2) is 5.35. The largest absolute Gasteiger partial charge is 0.338 e. The molecule has 1 aliphatic heterocycles. The normalized spacial score (nSPS) is 19.2. The summed E-state index contributed by atoms with van der Waals surface area (Å²) in [7, 11) is 1.91. The summed E-state index contributed by atoms with van der Waals surface area (Å²) in [6, 6.07) is 3.37. The van der Waals surface area contributed by atoms with Crippen LogP contribution in [0.3, 0.4) is 0 Å². The number of nitrogens with one attached hydrogen (secondary N) is 2. The summed E-state index contributed by atoms with van der Waals surface area (Å²) >= 11 is 0. The number of aromatic nitrogens is 1. The van der Waals surface area contributed by atoms with Crippen molar-refractivity contribution >= 4 is 5.91 Å². The second-order valence-electron chi connectivity index (χ2n) is 4.85. The molecule has 2 heterocycles. The van der Waals surface area contributed by atoms with Crippen LogP contribution in [0.4, 0.5) is 0 Å². The van der Waals surface area contributed by atoms with Crippen molar-refractivity contribution < 1.29 is 4.79 Å². The van der Waals surface area contributed by atoms with E-state index < -0.39 is 0 Å². The Morgan fingerprint density at radius 3 is 3.00 bits per heavy atom. The average Bonchev–Trinajstić information content (AvgIpc) is 2.77. The minimum Gasteiger partial charge on any atom is -0.338 e. The summed E-state index contributed by atoms with van der Waals surface area (Å²) in [6.07, 6.45) is 0.996. The number of H-pyrrole nitrogens is 1. The van der Waals surface area contributed by atoms with Gasteiger partial charge in [0.2, 0.25) is 0 Å². The van der Waals surface area contributed by atoms with E-state index in [1.165, 1.54) is 0 Å². The molecule has 0 saturated carbocycles. The first kappa shape index (κ1) is 12.8. The van der Waals surface area contributed by atoms with Gasteiger partial charge in [0.1, 0.15) is 5.56 Å². The number of aryl methyl sites for hydroxylation is 1. The summed E-state index contributed by atoms with van der Waals surface area (Å²) in [5, 5.41) is 3.12. The van der Waals surface area contributed by atoms with Crippen molar-refractivity contribution in [1.82, 2.24) is 15.2 Å². The van der Waals surface area contributed by atoms with Gasteiger partial charge in [0.25, 0.3) is 11.5 Å². The number of hydrogen-bond donors (Lipinski definition) is 2. The lowest BCUT2D eigenvalue weighted by molar-refractivity contribution is 0.0785. The third kappa shape index (κ3) is 2.61. The van der Waals surface area contributed by atoms with Crippen LogP contribution in [0.25, 0.3) is 0 Å². The molecule has 18 heavy (non-hydrogen) atoms. The molecule has 1 aliphatic rings. The number of aromatic amines is 1. The van der Waals surface area contributed by atoms with Crippen LogP contribution < -0.4 is 10.9 Å². The zero-order chi connectivity index (χ0) is 13.1. The van der Waals surface area contributed by atoms with Crippen LogP contribution in [0, 0.1) is 12.8 Å². The quantitative estimate of drug-likeness (QED) is 0.813. The van der Waals surface area contributed by atoms with Crippen molar-refractivity contribution in [2.24, 2.45) is 5.92 Å². The molecular weight excluding hydrogens is 230 g/mol. The van der Waals surface area contributed by atoms with E-state index in [9.17, 15) is 9.59 Å². The minimum absolute atomic E-state index is 0.158. The lowest BCUT2D eigenvalue weighted by atomic mass is 10.1. The number of rotatable bonds is 3. The third-order valence-corrected chi connectivity index (χ3v) is 3.35. The van der Waals surface area contributed by atoms with Gasteiger partial charge < -0.3 is 15.2 Å². The fourth-order valence-corrected chi connectivity index (χ4v) is 2.38. The van der Waals surface area contributed by atoms with Crippen molar-refractivity contribution in [1.29, 1.82) is 0 Å². The highest BCUT2D eigenvalue weighted by Crippen LogP contribution is 2.17. The summed E-state index contributed by atoms with van der Waals surface area (Å²) < 4.78 is 0. The van der Waals surface area contributed by atoms with E-state index in [-0.39, 0.29) is 17.0 Å². The standard InChI is InChI=1S/C13H19N3O2/c1-9-3-4-11(12(17)15-9)13(18)16-6-5-10(8-16)7-14-2/h3-4,10,14H,5-8H2,1-2H3,(H,15,17). The lowest BCUT2D eigenvalue weighted by Gasteiger charge is -2.16. The number of carbonyl (C=O) groups excluding carboxylic acids is 1. The molecule has 1 atom stereocenters. The highest BCUT2D eigenvalue weighted by molar-refractivity contribution is 5.94. The number of pyridine rings is 1. The highest BCUT2D eigenvalue weighted by Gasteiger charge is 2.27. The van der Waals surface area contributed by atoms with Crippen LogP contribution in [0.2, 0.25) is 0 Å². The fourth-order valence-electron chi connectivity index (χ4n) is 2.38. The smallest absolute Gasteiger partial charge is 0.260 e. The van der Waals surface area contributed by atoms with Gasteiger partial charge in [-0.1, -0.05) is 0 Å². The molecule has 2 rings (SSSR count). The summed E-state index contributed by atoms with van der Waals surface area (Å²) in [4.78, 5) is 28.4. The van der Waals surface area contributed by atoms with Gasteiger partial charge in [-0.2, -0.15) is 0 Å². The zero-order valence-corrected chi connectivity index (χ0v) is 10.8. The fraction of sp³-hybridized carbons (Fsp3) is 0.538. The number of nitrogens with zero attached hydrogens (tertiary/aromatic N) is 1. The van der Waals surface area contributed by atoms with Crippen LogP contribution >= 0.6 is 0 Å². The van der Waals surface area contributed by atoms with E-state index in [1.807, 2.05) is 7.05 Å². The molecule has 1 amide bonds. The Morgan fingerprint density at radius 2 is 2.33 bits per heavy atom. The summed E-state index contributed by atoms with van der Waals surface area (Å²) in [6.45, 7) is 4.17. The topological polar surface area (TPSA) is 65.2 Å². The lowest BCUT2D eigenvalue weighted by Crippen LogP contribution is -2.34. The second-order valence-corrected chi connectivity index (χ2v) is 4.85. The molecule has 1 aromatic rings. The maximum atomic E-state index is 12.2. The Hall–Kier alpha value is -1.62. The Morgan fingerprint density at radius 1 is 1.56 bits per heavy atom. The van der Waals surface area contributed by atoms with Gasteiger partial charge in [0, 0.05) is 18.8 Å². The van der Waals surface area contributed by atoms with Crippen molar-refractivity contribution in [2.45, 2.75) is 13.3 Å². The number of carbonyl (C=O) groups is 1. The van der Waals surface area contributed by atoms with Crippen molar-refractivity contribution in [2.75, 3.05) is 26.7 Å². The van der Waals surface area contributed by atoms with Gasteiger partial charge in [-0.05, 0) is 45.0 Å². The number of hydrogen-bond acceptors (Lipinski definition) is 3. The predicted octanol–water partition coefficient (Wildman–Crippen LogP) is 0.365. The van der Waals surface area contributed by atoms with E-state index >= 15 is 0 Å². The summed E-state index contributed by atoms with van der Waals surface area (Å²) in [5.41, 5.74) is 0.716. The van der Waals surface area contributed by atoms with E-state index in [1.54, 1.807) is 24.0 Å². The Bertz CT molecular complexity index is 495. The molecule has 5 nitrogen and oxygen atoms in total. The van der Waals surface area contributed by atoms with Gasteiger partial charge in [-0.25, -0.2) is 0 Å². The number of amides is 1. The molecule has 0 aliphatic carbocycles. The Labute approximate surface area is 106 Å². The molecule has 0 bridgehead atoms. The molecular formula is C13H19N3O2. The minimum atomic E-state index is -0.294. The van der Waals surface area contributed by atoms with E-state index in [0.717, 1.165) is 31.7 Å². The van der Waals surface area contributed by atoms with E-state index in [4.69, 9.17) is 0 Å². The summed E-state index contributed by atoms with van der Waals surface area (Å²) in [5.74, 6) is 0.332. The van der Waals surface area contributed by atoms with Crippen LogP contribution in [0.1, 0.15) is 22.5 Å². The third-order valence-electron chi connectivity index (χ3n) is 3.35. The Kier molecular flexibility index (Phi) is 3.81. The molecule has 0 aromatic carbocycles. The maximum absolute atomic E-state index is 12.2. The molecule has 1 saturated heterocycles. The Balaban J connectivity index is 2.10. The molecule has 1 fully saturated rings. The first-order valence-corrected chi connectivity index (χ1v) is 6.25.